The van der Waals surface area contributed by atoms with Gasteiger partial charge in [0.15, 0.2) is 0 Å². The van der Waals surface area contributed by atoms with E-state index < -0.39 is 10.0 Å². The van der Waals surface area contributed by atoms with Crippen LogP contribution in [0.1, 0.15) is 23.9 Å². The Morgan fingerprint density at radius 1 is 1.13 bits per heavy atom. The second-order valence-electron chi connectivity index (χ2n) is 8.08. The van der Waals surface area contributed by atoms with Gasteiger partial charge in [-0.05, 0) is 51.5 Å². The third-order valence-corrected chi connectivity index (χ3v) is 8.83. The van der Waals surface area contributed by atoms with Crippen molar-refractivity contribution in [2.24, 2.45) is 7.05 Å². The molecule has 1 fully saturated rings. The molecule has 0 radical (unpaired) electrons. The Hall–Kier alpha value is -2.16. The highest BCUT2D eigenvalue weighted by molar-refractivity contribution is 7.89. The standard InChI is InChI=1S/C22H28N4O2S2/c1-15-7-6-8-19(11-15)26-10-9-25(13-17(26)3)30(27,28)21-12-20(24(5)18(21)4)22-23-16(2)14-29-22/h6-8,11-12,14,17H,9-10,13H2,1-5H3/t17-/m0/s1. The summed E-state index contributed by atoms with van der Waals surface area (Å²) in [5.74, 6) is 0. The Balaban J connectivity index is 1.61. The molecule has 1 aromatic carbocycles. The van der Waals surface area contributed by atoms with Gasteiger partial charge in [-0.15, -0.1) is 11.3 Å². The SMILES string of the molecule is Cc1cccc(N2CCN(S(=O)(=O)c3cc(-c4nc(C)cs4)n(C)c3C)C[C@@H]2C)c1. The van der Waals surface area contributed by atoms with Crippen LogP contribution in [0.25, 0.3) is 10.7 Å². The fraction of sp³-hybridized carbons (Fsp3) is 0.409. The van der Waals surface area contributed by atoms with Crippen molar-refractivity contribution in [1.29, 1.82) is 0 Å². The first-order chi connectivity index (χ1) is 14.2. The van der Waals surface area contributed by atoms with Crippen LogP contribution >= 0.6 is 11.3 Å². The Morgan fingerprint density at radius 2 is 1.90 bits per heavy atom. The molecule has 30 heavy (non-hydrogen) atoms. The minimum absolute atomic E-state index is 0.0976. The molecule has 1 aliphatic heterocycles. The molecule has 6 nitrogen and oxygen atoms in total. The highest BCUT2D eigenvalue weighted by atomic mass is 32.2. The molecule has 0 N–H and O–H groups in total. The van der Waals surface area contributed by atoms with E-state index in [0.717, 1.165) is 27.8 Å². The van der Waals surface area contributed by atoms with Crippen molar-refractivity contribution >= 4 is 27.0 Å². The van der Waals surface area contributed by atoms with Crippen LogP contribution in [-0.4, -0.2) is 48.0 Å². The molecular weight excluding hydrogens is 416 g/mol. The lowest BCUT2D eigenvalue weighted by Crippen LogP contribution is -2.53. The average molecular weight is 445 g/mol. The van der Waals surface area contributed by atoms with Gasteiger partial charge >= 0.3 is 0 Å². The van der Waals surface area contributed by atoms with E-state index in [4.69, 9.17) is 0 Å². The van der Waals surface area contributed by atoms with E-state index in [-0.39, 0.29) is 6.04 Å². The molecule has 0 spiro atoms. The molecule has 160 valence electrons. The van der Waals surface area contributed by atoms with Gasteiger partial charge in [0.05, 0.1) is 5.69 Å². The van der Waals surface area contributed by atoms with Crippen LogP contribution in [0.2, 0.25) is 0 Å². The summed E-state index contributed by atoms with van der Waals surface area (Å²) in [7, 11) is -1.68. The number of piperazine rings is 1. The third-order valence-electron chi connectivity index (χ3n) is 5.87. The maximum atomic E-state index is 13.5. The quantitative estimate of drug-likeness (QED) is 0.611. The molecule has 1 aliphatic rings. The van der Waals surface area contributed by atoms with Crippen molar-refractivity contribution in [1.82, 2.24) is 13.9 Å². The monoisotopic (exact) mass is 444 g/mol. The van der Waals surface area contributed by atoms with Gasteiger partial charge in [0.1, 0.15) is 9.90 Å². The van der Waals surface area contributed by atoms with Crippen LogP contribution in [-0.2, 0) is 17.1 Å². The predicted octanol–water partition coefficient (Wildman–Crippen LogP) is 3.97. The molecule has 3 heterocycles. The molecule has 4 rings (SSSR count). The molecule has 0 amide bonds. The van der Waals surface area contributed by atoms with E-state index in [0.29, 0.717) is 24.5 Å². The zero-order valence-electron chi connectivity index (χ0n) is 18.1. The van der Waals surface area contributed by atoms with E-state index in [1.165, 1.54) is 16.9 Å². The fourth-order valence-electron chi connectivity index (χ4n) is 4.08. The van der Waals surface area contributed by atoms with E-state index in [9.17, 15) is 8.42 Å². The lowest BCUT2D eigenvalue weighted by Gasteiger charge is -2.40. The van der Waals surface area contributed by atoms with E-state index >= 15 is 0 Å². The Bertz CT molecular complexity index is 1180. The second kappa shape index (κ2) is 7.83. The van der Waals surface area contributed by atoms with Crippen molar-refractivity contribution in [2.75, 3.05) is 24.5 Å². The number of hydrogen-bond donors (Lipinski definition) is 0. The summed E-state index contributed by atoms with van der Waals surface area (Å²) in [6.45, 7) is 9.59. The van der Waals surface area contributed by atoms with Crippen LogP contribution in [0.5, 0.6) is 0 Å². The van der Waals surface area contributed by atoms with Gasteiger partial charge in [-0.2, -0.15) is 4.31 Å². The Morgan fingerprint density at radius 3 is 2.53 bits per heavy atom. The van der Waals surface area contributed by atoms with Crippen molar-refractivity contribution < 1.29 is 8.42 Å². The molecule has 0 bridgehead atoms. The van der Waals surface area contributed by atoms with Crippen LogP contribution in [0, 0.1) is 20.8 Å². The molecule has 1 atom stereocenters. The lowest BCUT2D eigenvalue weighted by atomic mass is 10.1. The fourth-order valence-corrected chi connectivity index (χ4v) is 6.71. The molecule has 0 unspecified atom stereocenters. The molecular formula is C22H28N4O2S2. The first-order valence-electron chi connectivity index (χ1n) is 10.1. The van der Waals surface area contributed by atoms with E-state index in [2.05, 4.69) is 48.0 Å². The van der Waals surface area contributed by atoms with Crippen LogP contribution in [0.15, 0.2) is 40.6 Å². The van der Waals surface area contributed by atoms with Crippen LogP contribution < -0.4 is 4.90 Å². The normalized spacial score (nSPS) is 18.2. The van der Waals surface area contributed by atoms with Gasteiger partial charge in [-0.25, -0.2) is 13.4 Å². The Labute approximate surface area is 182 Å². The Kier molecular flexibility index (Phi) is 5.50. The topological polar surface area (TPSA) is 58.4 Å². The number of thiazole rings is 1. The summed E-state index contributed by atoms with van der Waals surface area (Å²) in [6, 6.07) is 10.3. The summed E-state index contributed by atoms with van der Waals surface area (Å²) in [5.41, 5.74) is 4.89. The summed E-state index contributed by atoms with van der Waals surface area (Å²) in [4.78, 5) is 7.21. The van der Waals surface area contributed by atoms with Crippen molar-refractivity contribution in [3.63, 3.8) is 0 Å². The average Bonchev–Trinajstić information content (AvgIpc) is 3.25. The van der Waals surface area contributed by atoms with Gasteiger partial charge in [-0.3, -0.25) is 0 Å². The van der Waals surface area contributed by atoms with Crippen LogP contribution in [0.4, 0.5) is 5.69 Å². The third kappa shape index (κ3) is 3.68. The number of aromatic nitrogens is 2. The lowest BCUT2D eigenvalue weighted by molar-refractivity contribution is 0.342. The number of anilines is 1. The zero-order chi connectivity index (χ0) is 21.6. The molecule has 0 aliphatic carbocycles. The molecule has 2 aromatic heterocycles. The zero-order valence-corrected chi connectivity index (χ0v) is 19.7. The van der Waals surface area contributed by atoms with Gasteiger partial charge in [0.2, 0.25) is 10.0 Å². The number of nitrogens with zero attached hydrogens (tertiary/aromatic N) is 4. The first-order valence-corrected chi connectivity index (χ1v) is 12.4. The number of hydrogen-bond acceptors (Lipinski definition) is 5. The highest BCUT2D eigenvalue weighted by Crippen LogP contribution is 2.32. The number of aryl methyl sites for hydroxylation is 2. The maximum absolute atomic E-state index is 13.5. The minimum Gasteiger partial charge on any atom is -0.366 e. The molecule has 0 saturated carbocycles. The van der Waals surface area contributed by atoms with Gasteiger partial charge in [0.25, 0.3) is 0 Å². The first kappa shape index (κ1) is 21.1. The van der Waals surface area contributed by atoms with E-state index in [1.54, 1.807) is 10.4 Å². The van der Waals surface area contributed by atoms with Crippen molar-refractivity contribution in [3.8, 4) is 10.7 Å². The van der Waals surface area contributed by atoms with Crippen molar-refractivity contribution in [2.45, 2.75) is 38.6 Å². The maximum Gasteiger partial charge on any atom is 0.245 e. The predicted molar refractivity (Wildman–Crippen MR) is 123 cm³/mol. The summed E-state index contributed by atoms with van der Waals surface area (Å²) in [6.07, 6.45) is 0. The largest absolute Gasteiger partial charge is 0.366 e. The second-order valence-corrected chi connectivity index (χ2v) is 10.8. The number of sulfonamides is 1. The van der Waals surface area contributed by atoms with Gasteiger partial charge in [-0.1, -0.05) is 12.1 Å². The van der Waals surface area contributed by atoms with E-state index in [1.807, 2.05) is 30.8 Å². The smallest absolute Gasteiger partial charge is 0.245 e. The molecule has 8 heteroatoms. The van der Waals surface area contributed by atoms with Gasteiger partial charge < -0.3 is 9.47 Å². The van der Waals surface area contributed by atoms with Crippen LogP contribution in [0.3, 0.4) is 0 Å². The number of rotatable bonds is 4. The summed E-state index contributed by atoms with van der Waals surface area (Å²) in [5, 5.41) is 2.83. The highest BCUT2D eigenvalue weighted by Gasteiger charge is 2.34. The van der Waals surface area contributed by atoms with Gasteiger partial charge in [0, 0.05) is 55.2 Å². The summed E-state index contributed by atoms with van der Waals surface area (Å²) >= 11 is 1.54. The number of benzene rings is 1. The minimum atomic E-state index is -3.58. The van der Waals surface area contributed by atoms with Crippen molar-refractivity contribution in [3.05, 3.63) is 52.7 Å². The molecule has 1 saturated heterocycles. The summed E-state index contributed by atoms with van der Waals surface area (Å²) < 4.78 is 30.6. The molecule has 3 aromatic rings.